The number of carbonyl (C=O) groups is 1. The summed E-state index contributed by atoms with van der Waals surface area (Å²) < 4.78 is 11.0. The molecule has 0 aliphatic heterocycles. The molecule has 1 amide bonds. The van der Waals surface area contributed by atoms with E-state index in [2.05, 4.69) is 10.5 Å². The summed E-state index contributed by atoms with van der Waals surface area (Å²) in [5.41, 5.74) is 4.33. The Bertz CT molecular complexity index is 692. The highest BCUT2D eigenvalue weighted by Crippen LogP contribution is 2.13. The highest BCUT2D eigenvalue weighted by molar-refractivity contribution is 5.83. The van der Waals surface area contributed by atoms with Crippen LogP contribution >= 0.6 is 0 Å². The fraction of sp³-hybridized carbons (Fsp3) is 0.300. The van der Waals surface area contributed by atoms with E-state index in [0.717, 1.165) is 22.6 Å². The number of nitrogens with one attached hydrogen (secondary N) is 1. The van der Waals surface area contributed by atoms with Crippen LogP contribution in [-0.2, 0) is 11.2 Å². The summed E-state index contributed by atoms with van der Waals surface area (Å²) in [5.74, 6) is 1.45. The van der Waals surface area contributed by atoms with Gasteiger partial charge in [-0.2, -0.15) is 5.10 Å². The Labute approximate surface area is 148 Å². The molecule has 5 nitrogen and oxygen atoms in total. The zero-order valence-electron chi connectivity index (χ0n) is 14.9. The fourth-order valence-electron chi connectivity index (χ4n) is 2.18. The van der Waals surface area contributed by atoms with E-state index in [4.69, 9.17) is 9.47 Å². The molecule has 5 heteroatoms. The van der Waals surface area contributed by atoms with Crippen molar-refractivity contribution in [2.45, 2.75) is 33.3 Å². The molecule has 0 bridgehead atoms. The molecule has 132 valence electrons. The van der Waals surface area contributed by atoms with Crippen LogP contribution in [0, 0.1) is 0 Å². The van der Waals surface area contributed by atoms with Gasteiger partial charge < -0.3 is 9.47 Å². The summed E-state index contributed by atoms with van der Waals surface area (Å²) in [6.07, 6.45) is 2.02. The van der Waals surface area contributed by atoms with Crippen molar-refractivity contribution in [1.29, 1.82) is 0 Å². The van der Waals surface area contributed by atoms with E-state index < -0.39 is 0 Å². The number of hydrogen-bond donors (Lipinski definition) is 1. The van der Waals surface area contributed by atoms with Gasteiger partial charge in [0.05, 0.1) is 25.3 Å². The van der Waals surface area contributed by atoms with E-state index in [0.29, 0.717) is 6.61 Å². The third-order valence-corrected chi connectivity index (χ3v) is 3.25. The lowest BCUT2D eigenvalue weighted by Gasteiger charge is -2.09. The lowest BCUT2D eigenvalue weighted by molar-refractivity contribution is -0.120. The molecule has 0 aliphatic rings. The molecule has 0 aliphatic carbocycles. The number of hydrogen-bond acceptors (Lipinski definition) is 4. The van der Waals surface area contributed by atoms with Gasteiger partial charge in [0.1, 0.15) is 11.5 Å². The first-order valence-electron chi connectivity index (χ1n) is 8.37. The Hall–Kier alpha value is -2.82. The second kappa shape index (κ2) is 9.47. The van der Waals surface area contributed by atoms with Gasteiger partial charge in [-0.05, 0) is 68.3 Å². The molecule has 2 aromatic carbocycles. The number of ether oxygens (including phenoxy) is 2. The van der Waals surface area contributed by atoms with Crippen molar-refractivity contribution in [3.05, 3.63) is 59.7 Å². The summed E-state index contributed by atoms with van der Waals surface area (Å²) in [7, 11) is 0. The maximum Gasteiger partial charge on any atom is 0.244 e. The molecule has 0 heterocycles. The van der Waals surface area contributed by atoms with Crippen molar-refractivity contribution >= 4 is 12.1 Å². The van der Waals surface area contributed by atoms with Crippen molar-refractivity contribution in [2.75, 3.05) is 6.61 Å². The average molecular weight is 340 g/mol. The number of nitrogens with zero attached hydrogens (tertiary/aromatic N) is 1. The molecule has 0 radical (unpaired) electrons. The van der Waals surface area contributed by atoms with Crippen LogP contribution in [0.5, 0.6) is 11.5 Å². The van der Waals surface area contributed by atoms with Crippen molar-refractivity contribution < 1.29 is 14.3 Å². The number of amides is 1. The summed E-state index contributed by atoms with van der Waals surface area (Å²) in [6, 6.07) is 15.0. The van der Waals surface area contributed by atoms with Gasteiger partial charge in [0.25, 0.3) is 0 Å². The first kappa shape index (κ1) is 18.5. The summed E-state index contributed by atoms with van der Waals surface area (Å²) >= 11 is 0. The maximum absolute atomic E-state index is 11.9. The van der Waals surface area contributed by atoms with Crippen LogP contribution in [0.4, 0.5) is 0 Å². The minimum Gasteiger partial charge on any atom is -0.494 e. The fourth-order valence-corrected chi connectivity index (χ4v) is 2.18. The van der Waals surface area contributed by atoms with Gasteiger partial charge in [-0.15, -0.1) is 0 Å². The number of hydrazone groups is 1. The zero-order chi connectivity index (χ0) is 18.1. The molecule has 2 aromatic rings. The predicted octanol–water partition coefficient (Wildman–Crippen LogP) is 3.57. The Kier molecular flexibility index (Phi) is 7.01. The third-order valence-electron chi connectivity index (χ3n) is 3.25. The standard InChI is InChI=1S/C20H24N2O3/c1-4-24-18-9-5-16(6-10-18)13-20(23)22-21-14-17-7-11-19(12-8-17)25-15(2)3/h5-12,14-15H,4,13H2,1-3H3,(H,22,23)/b21-14-. The molecule has 1 N–H and O–H groups in total. The minimum atomic E-state index is -0.167. The van der Waals surface area contributed by atoms with Crippen molar-refractivity contribution in [3.8, 4) is 11.5 Å². The van der Waals surface area contributed by atoms with Crippen LogP contribution in [-0.4, -0.2) is 24.8 Å². The topological polar surface area (TPSA) is 59.9 Å². The van der Waals surface area contributed by atoms with Crippen LogP contribution in [0.25, 0.3) is 0 Å². The van der Waals surface area contributed by atoms with E-state index in [9.17, 15) is 4.79 Å². The largest absolute Gasteiger partial charge is 0.494 e. The molecule has 0 unspecified atom stereocenters. The normalized spacial score (nSPS) is 10.9. The zero-order valence-corrected chi connectivity index (χ0v) is 14.9. The molecule has 25 heavy (non-hydrogen) atoms. The number of rotatable bonds is 8. The van der Waals surface area contributed by atoms with Crippen molar-refractivity contribution in [2.24, 2.45) is 5.10 Å². The summed E-state index contributed by atoms with van der Waals surface area (Å²) in [4.78, 5) is 11.9. The lowest BCUT2D eigenvalue weighted by Crippen LogP contribution is -2.19. The molecule has 2 rings (SSSR count). The minimum absolute atomic E-state index is 0.140. The Morgan fingerprint density at radius 3 is 2.32 bits per heavy atom. The monoisotopic (exact) mass is 340 g/mol. The molecule has 0 spiro atoms. The van der Waals surface area contributed by atoms with Crippen LogP contribution < -0.4 is 14.9 Å². The Morgan fingerprint density at radius 2 is 1.72 bits per heavy atom. The van der Waals surface area contributed by atoms with E-state index in [1.165, 1.54) is 0 Å². The van der Waals surface area contributed by atoms with E-state index >= 15 is 0 Å². The Balaban J connectivity index is 1.81. The molecule has 0 fully saturated rings. The first-order chi connectivity index (χ1) is 12.1. The summed E-state index contributed by atoms with van der Waals surface area (Å²) in [5, 5.41) is 3.99. The van der Waals surface area contributed by atoms with Gasteiger partial charge in [-0.1, -0.05) is 12.1 Å². The van der Waals surface area contributed by atoms with Crippen LogP contribution in [0.3, 0.4) is 0 Å². The predicted molar refractivity (Wildman–Crippen MR) is 99.3 cm³/mol. The van der Waals surface area contributed by atoms with Gasteiger partial charge in [0, 0.05) is 0 Å². The molecule has 0 atom stereocenters. The molecule has 0 saturated carbocycles. The Morgan fingerprint density at radius 1 is 1.08 bits per heavy atom. The third kappa shape index (κ3) is 6.67. The van der Waals surface area contributed by atoms with Crippen LogP contribution in [0.1, 0.15) is 31.9 Å². The maximum atomic E-state index is 11.9. The van der Waals surface area contributed by atoms with Gasteiger partial charge in [-0.25, -0.2) is 5.43 Å². The van der Waals surface area contributed by atoms with Gasteiger partial charge in [-0.3, -0.25) is 4.79 Å². The smallest absolute Gasteiger partial charge is 0.244 e. The first-order valence-corrected chi connectivity index (χ1v) is 8.37. The summed E-state index contributed by atoms with van der Waals surface area (Å²) in [6.45, 7) is 6.52. The van der Waals surface area contributed by atoms with Crippen molar-refractivity contribution in [3.63, 3.8) is 0 Å². The second-order valence-corrected chi connectivity index (χ2v) is 5.78. The number of benzene rings is 2. The highest BCUT2D eigenvalue weighted by Gasteiger charge is 2.02. The van der Waals surface area contributed by atoms with E-state index in [-0.39, 0.29) is 18.4 Å². The van der Waals surface area contributed by atoms with Crippen molar-refractivity contribution in [1.82, 2.24) is 5.43 Å². The average Bonchev–Trinajstić information content (AvgIpc) is 2.58. The lowest BCUT2D eigenvalue weighted by atomic mass is 10.1. The van der Waals surface area contributed by atoms with Gasteiger partial charge >= 0.3 is 0 Å². The quantitative estimate of drug-likeness (QED) is 0.590. The highest BCUT2D eigenvalue weighted by atomic mass is 16.5. The van der Waals surface area contributed by atoms with Gasteiger partial charge in [0.2, 0.25) is 5.91 Å². The SMILES string of the molecule is CCOc1ccc(CC(=O)N/N=C\c2ccc(OC(C)C)cc2)cc1. The van der Waals surface area contributed by atoms with Crippen LogP contribution in [0.2, 0.25) is 0 Å². The molecule has 0 saturated heterocycles. The van der Waals surface area contributed by atoms with Gasteiger partial charge in [0.15, 0.2) is 0 Å². The van der Waals surface area contributed by atoms with E-state index in [1.807, 2.05) is 69.3 Å². The molecular weight excluding hydrogens is 316 g/mol. The second-order valence-electron chi connectivity index (χ2n) is 5.78. The van der Waals surface area contributed by atoms with Crippen LogP contribution in [0.15, 0.2) is 53.6 Å². The molecular formula is C20H24N2O3. The number of carbonyl (C=O) groups excluding carboxylic acids is 1. The van der Waals surface area contributed by atoms with E-state index in [1.54, 1.807) is 6.21 Å². The molecule has 0 aromatic heterocycles.